The van der Waals surface area contributed by atoms with Crippen LogP contribution >= 0.6 is 0 Å². The quantitative estimate of drug-likeness (QED) is 0.760. The number of hydrogen-bond acceptors (Lipinski definition) is 4. The molecule has 2 aromatic carbocycles. The highest BCUT2D eigenvalue weighted by Gasteiger charge is 2.19. The molecule has 138 valence electrons. The molecule has 0 aromatic heterocycles. The Kier molecular flexibility index (Phi) is 7.17. The summed E-state index contributed by atoms with van der Waals surface area (Å²) in [6.07, 6.45) is 0. The maximum atomic E-state index is 12.6. The summed E-state index contributed by atoms with van der Waals surface area (Å²) in [6.45, 7) is 3.81. The number of amides is 2. The van der Waals surface area contributed by atoms with E-state index in [1.807, 2.05) is 44.2 Å². The Hall–Kier alpha value is -2.86. The van der Waals surface area contributed by atoms with Crippen molar-refractivity contribution < 1.29 is 19.4 Å². The van der Waals surface area contributed by atoms with Gasteiger partial charge in [-0.15, -0.1) is 0 Å². The van der Waals surface area contributed by atoms with Gasteiger partial charge in [-0.25, -0.2) is 0 Å². The average Bonchev–Trinajstić information content (AvgIpc) is 2.65. The maximum absolute atomic E-state index is 12.6. The van der Waals surface area contributed by atoms with Crippen molar-refractivity contribution >= 4 is 17.5 Å². The highest BCUT2D eigenvalue weighted by Crippen LogP contribution is 2.18. The number of para-hydroxylation sites is 1. The normalized spacial score (nSPS) is 10.5. The van der Waals surface area contributed by atoms with E-state index in [1.165, 1.54) is 0 Å². The largest absolute Gasteiger partial charge is 0.484 e. The molecule has 0 heterocycles. The molecule has 2 aromatic rings. The molecule has 6 heteroatoms. The summed E-state index contributed by atoms with van der Waals surface area (Å²) < 4.78 is 5.60. The molecule has 0 fully saturated rings. The summed E-state index contributed by atoms with van der Waals surface area (Å²) >= 11 is 0. The van der Waals surface area contributed by atoms with E-state index in [-0.39, 0.29) is 37.6 Å². The molecule has 0 aliphatic carbocycles. The lowest BCUT2D eigenvalue weighted by Gasteiger charge is -2.26. The molecule has 0 bridgehead atoms. The van der Waals surface area contributed by atoms with Crippen LogP contribution < -0.4 is 15.0 Å². The number of anilines is 1. The monoisotopic (exact) mass is 356 g/mol. The van der Waals surface area contributed by atoms with Crippen molar-refractivity contribution in [2.24, 2.45) is 0 Å². The van der Waals surface area contributed by atoms with E-state index in [1.54, 1.807) is 29.2 Å². The summed E-state index contributed by atoms with van der Waals surface area (Å²) in [6, 6.07) is 16.0. The first-order valence-electron chi connectivity index (χ1n) is 8.52. The number of aliphatic hydroxyl groups is 1. The van der Waals surface area contributed by atoms with Crippen molar-refractivity contribution in [3.8, 4) is 5.75 Å². The Morgan fingerprint density at radius 3 is 2.50 bits per heavy atom. The molecular formula is C20H24N2O4. The summed E-state index contributed by atoms with van der Waals surface area (Å²) in [7, 11) is 0. The van der Waals surface area contributed by atoms with Crippen LogP contribution in [0.3, 0.4) is 0 Å². The highest BCUT2D eigenvalue weighted by molar-refractivity contribution is 5.95. The minimum atomic E-state index is -0.302. The molecule has 2 N–H and O–H groups in total. The number of nitrogens with zero attached hydrogens (tertiary/aromatic N) is 1. The van der Waals surface area contributed by atoms with Gasteiger partial charge in [-0.3, -0.25) is 9.59 Å². The first-order valence-corrected chi connectivity index (χ1v) is 8.52. The van der Waals surface area contributed by atoms with Crippen molar-refractivity contribution in [1.29, 1.82) is 0 Å². The lowest BCUT2D eigenvalue weighted by molar-refractivity contribution is -0.120. The number of carbonyl (C=O) groups excluding carboxylic acids is 2. The summed E-state index contributed by atoms with van der Waals surface area (Å²) in [5.74, 6) is -0.0305. The highest BCUT2D eigenvalue weighted by atomic mass is 16.5. The molecule has 6 nitrogen and oxygen atoms in total. The minimum Gasteiger partial charge on any atom is -0.484 e. The molecule has 0 saturated carbocycles. The molecule has 0 aliphatic heterocycles. The van der Waals surface area contributed by atoms with Crippen LogP contribution in [-0.4, -0.2) is 42.7 Å². The number of nitrogens with one attached hydrogen (secondary N) is 1. The molecule has 2 rings (SSSR count). The standard InChI is InChI=1S/C20H24N2O4/c1-15(2)22(17-8-4-3-5-9-17)19(24)14-26-18-10-6-7-16(13-18)20(25)21-11-12-23/h3-10,13,15,23H,11-12,14H2,1-2H3,(H,21,25). The van der Waals surface area contributed by atoms with Gasteiger partial charge in [0.05, 0.1) is 6.61 Å². The second kappa shape index (κ2) is 9.58. The molecule has 0 spiro atoms. The first kappa shape index (κ1) is 19.5. The Labute approximate surface area is 153 Å². The maximum Gasteiger partial charge on any atom is 0.265 e. The van der Waals surface area contributed by atoms with Crippen molar-refractivity contribution in [2.45, 2.75) is 19.9 Å². The molecule has 0 radical (unpaired) electrons. The zero-order valence-corrected chi connectivity index (χ0v) is 15.0. The van der Waals surface area contributed by atoms with Crippen LogP contribution in [0, 0.1) is 0 Å². The van der Waals surface area contributed by atoms with Crippen molar-refractivity contribution in [3.05, 3.63) is 60.2 Å². The number of rotatable bonds is 8. The predicted octanol–water partition coefficient (Wildman–Crippen LogP) is 2.23. The third kappa shape index (κ3) is 5.32. The van der Waals surface area contributed by atoms with Gasteiger partial charge in [0.15, 0.2) is 6.61 Å². The number of ether oxygens (including phenoxy) is 1. The lowest BCUT2D eigenvalue weighted by atomic mass is 10.2. The van der Waals surface area contributed by atoms with E-state index in [9.17, 15) is 9.59 Å². The second-order valence-corrected chi connectivity index (χ2v) is 5.99. The van der Waals surface area contributed by atoms with E-state index in [4.69, 9.17) is 9.84 Å². The Balaban J connectivity index is 2.03. The molecule has 0 atom stereocenters. The number of hydrogen-bond donors (Lipinski definition) is 2. The van der Waals surface area contributed by atoms with Crippen molar-refractivity contribution in [1.82, 2.24) is 5.32 Å². The predicted molar refractivity (Wildman–Crippen MR) is 100 cm³/mol. The average molecular weight is 356 g/mol. The molecule has 26 heavy (non-hydrogen) atoms. The van der Waals surface area contributed by atoms with Gasteiger partial charge in [0, 0.05) is 23.8 Å². The SMILES string of the molecule is CC(C)N(C(=O)COc1cccc(C(=O)NCCO)c1)c1ccccc1. The van der Waals surface area contributed by atoms with Gasteiger partial charge in [-0.1, -0.05) is 24.3 Å². The smallest absolute Gasteiger partial charge is 0.265 e. The summed E-state index contributed by atoms with van der Waals surface area (Å²) in [5, 5.41) is 11.3. The Morgan fingerprint density at radius 1 is 1.12 bits per heavy atom. The molecule has 2 amide bonds. The molecule has 0 unspecified atom stereocenters. The third-order valence-corrected chi connectivity index (χ3v) is 3.68. The minimum absolute atomic E-state index is 0.0101. The fraction of sp³-hybridized carbons (Fsp3) is 0.300. The van der Waals surface area contributed by atoms with Crippen molar-refractivity contribution in [3.63, 3.8) is 0 Å². The van der Waals surface area contributed by atoms with Gasteiger partial charge in [0.2, 0.25) is 0 Å². The second-order valence-electron chi connectivity index (χ2n) is 5.99. The van der Waals surface area contributed by atoms with Gasteiger partial charge >= 0.3 is 0 Å². The van der Waals surface area contributed by atoms with E-state index in [2.05, 4.69) is 5.32 Å². The first-order chi connectivity index (χ1) is 12.5. The van der Waals surface area contributed by atoms with Crippen LogP contribution in [0.25, 0.3) is 0 Å². The Morgan fingerprint density at radius 2 is 1.85 bits per heavy atom. The van der Waals surface area contributed by atoms with E-state index < -0.39 is 0 Å². The van der Waals surface area contributed by atoms with Gasteiger partial charge in [0.25, 0.3) is 11.8 Å². The van der Waals surface area contributed by atoms with E-state index in [0.717, 1.165) is 5.69 Å². The van der Waals surface area contributed by atoms with Gasteiger partial charge in [0.1, 0.15) is 5.75 Å². The zero-order valence-electron chi connectivity index (χ0n) is 15.0. The lowest BCUT2D eigenvalue weighted by Crippen LogP contribution is -2.40. The van der Waals surface area contributed by atoms with Crippen LogP contribution in [0.15, 0.2) is 54.6 Å². The van der Waals surface area contributed by atoms with E-state index >= 15 is 0 Å². The third-order valence-electron chi connectivity index (χ3n) is 3.68. The van der Waals surface area contributed by atoms with E-state index in [0.29, 0.717) is 11.3 Å². The molecule has 0 aliphatic rings. The molecule has 0 saturated heterocycles. The van der Waals surface area contributed by atoms with Crippen LogP contribution in [0.2, 0.25) is 0 Å². The number of aliphatic hydroxyl groups excluding tert-OH is 1. The van der Waals surface area contributed by atoms with Gasteiger partial charge in [-0.2, -0.15) is 0 Å². The van der Waals surface area contributed by atoms with Gasteiger partial charge < -0.3 is 20.1 Å². The zero-order chi connectivity index (χ0) is 18.9. The number of benzene rings is 2. The number of carbonyl (C=O) groups is 2. The van der Waals surface area contributed by atoms with Crippen LogP contribution in [0.1, 0.15) is 24.2 Å². The Bertz CT molecular complexity index is 732. The van der Waals surface area contributed by atoms with Crippen molar-refractivity contribution in [2.75, 3.05) is 24.7 Å². The molecular weight excluding hydrogens is 332 g/mol. The summed E-state index contributed by atoms with van der Waals surface area (Å²) in [4.78, 5) is 26.2. The topological polar surface area (TPSA) is 78.9 Å². The fourth-order valence-electron chi connectivity index (χ4n) is 2.53. The van der Waals surface area contributed by atoms with Crippen LogP contribution in [0.4, 0.5) is 5.69 Å². The van der Waals surface area contributed by atoms with Crippen LogP contribution in [-0.2, 0) is 4.79 Å². The summed E-state index contributed by atoms with van der Waals surface area (Å²) in [5.41, 5.74) is 1.22. The van der Waals surface area contributed by atoms with Crippen LogP contribution in [0.5, 0.6) is 5.75 Å². The van der Waals surface area contributed by atoms with Gasteiger partial charge in [-0.05, 0) is 44.2 Å². The fourth-order valence-corrected chi connectivity index (χ4v) is 2.53.